The molecule has 3 nitrogen and oxygen atoms in total. The molecule has 3 heteroatoms. The Balaban J connectivity index is 1.98. The highest BCUT2D eigenvalue weighted by Gasteiger charge is 2.33. The molecule has 0 bridgehead atoms. The van der Waals surface area contributed by atoms with Crippen molar-refractivity contribution in [2.24, 2.45) is 5.41 Å². The fourth-order valence-corrected chi connectivity index (χ4v) is 2.42. The summed E-state index contributed by atoms with van der Waals surface area (Å²) in [5.41, 5.74) is 8.34. The molecule has 88 valence electrons. The highest BCUT2D eigenvalue weighted by atomic mass is 16.5. The minimum Gasteiger partial charge on any atom is -0.495 e. The minimum atomic E-state index is 0.484. The molecular formula is C13H20N2O. The number of nitrogen functional groups attached to an aromatic ring is 1. The topological polar surface area (TPSA) is 38.5 Å². The average Bonchev–Trinajstić information content (AvgIpc) is 2.15. The Kier molecular flexibility index (Phi) is 2.80. The van der Waals surface area contributed by atoms with E-state index in [9.17, 15) is 0 Å². The van der Waals surface area contributed by atoms with Gasteiger partial charge in [-0.25, -0.2) is 0 Å². The molecule has 0 atom stereocenters. The van der Waals surface area contributed by atoms with Gasteiger partial charge in [0.2, 0.25) is 0 Å². The maximum absolute atomic E-state index is 5.88. The molecule has 1 fully saturated rings. The van der Waals surface area contributed by atoms with E-state index in [1.165, 1.54) is 18.7 Å². The molecule has 1 saturated heterocycles. The molecule has 1 aliphatic rings. The number of likely N-dealkylation sites (tertiary alicyclic amines) is 1. The third-order valence-electron chi connectivity index (χ3n) is 3.00. The van der Waals surface area contributed by atoms with Crippen LogP contribution in [0, 0.1) is 5.41 Å². The van der Waals surface area contributed by atoms with Crippen LogP contribution in [0.2, 0.25) is 0 Å². The van der Waals surface area contributed by atoms with E-state index in [1.807, 2.05) is 12.1 Å². The summed E-state index contributed by atoms with van der Waals surface area (Å²) in [5, 5.41) is 0. The fraction of sp³-hybridized carbons (Fsp3) is 0.538. The Morgan fingerprint density at radius 1 is 1.38 bits per heavy atom. The number of hydrogen-bond donors (Lipinski definition) is 1. The summed E-state index contributed by atoms with van der Waals surface area (Å²) >= 11 is 0. The third kappa shape index (κ3) is 2.30. The number of hydrogen-bond acceptors (Lipinski definition) is 3. The van der Waals surface area contributed by atoms with Crippen LogP contribution in [0.4, 0.5) is 5.69 Å². The van der Waals surface area contributed by atoms with Crippen LogP contribution in [0.15, 0.2) is 18.2 Å². The van der Waals surface area contributed by atoms with E-state index in [0.717, 1.165) is 18.0 Å². The first-order chi connectivity index (χ1) is 7.50. The first kappa shape index (κ1) is 11.3. The molecule has 1 aromatic rings. The van der Waals surface area contributed by atoms with Crippen molar-refractivity contribution in [2.45, 2.75) is 20.4 Å². The zero-order valence-corrected chi connectivity index (χ0v) is 10.3. The molecule has 1 aliphatic heterocycles. The molecular weight excluding hydrogens is 200 g/mol. The summed E-state index contributed by atoms with van der Waals surface area (Å²) in [6, 6.07) is 6.03. The molecule has 0 aromatic heterocycles. The SMILES string of the molecule is COc1ccc(CN2CC(C)(C)C2)cc1N. The van der Waals surface area contributed by atoms with Crippen LogP contribution in [0.3, 0.4) is 0 Å². The first-order valence-corrected chi connectivity index (χ1v) is 5.65. The molecule has 0 radical (unpaired) electrons. The van der Waals surface area contributed by atoms with Gasteiger partial charge >= 0.3 is 0 Å². The van der Waals surface area contributed by atoms with Crippen molar-refractivity contribution in [3.8, 4) is 5.75 Å². The smallest absolute Gasteiger partial charge is 0.141 e. The molecule has 2 rings (SSSR count). The van der Waals surface area contributed by atoms with Crippen LogP contribution < -0.4 is 10.5 Å². The maximum Gasteiger partial charge on any atom is 0.141 e. The zero-order valence-electron chi connectivity index (χ0n) is 10.3. The predicted octanol–water partition coefficient (Wildman–Crippen LogP) is 2.12. The van der Waals surface area contributed by atoms with Crippen LogP contribution >= 0.6 is 0 Å². The Hall–Kier alpha value is -1.22. The van der Waals surface area contributed by atoms with Gasteiger partial charge in [0.05, 0.1) is 12.8 Å². The lowest BCUT2D eigenvalue weighted by molar-refractivity contribution is 0.0242. The highest BCUT2D eigenvalue weighted by Crippen LogP contribution is 2.31. The monoisotopic (exact) mass is 220 g/mol. The Bertz CT molecular complexity index is 380. The Morgan fingerprint density at radius 3 is 2.56 bits per heavy atom. The van der Waals surface area contributed by atoms with Gasteiger partial charge in [-0.05, 0) is 23.1 Å². The van der Waals surface area contributed by atoms with Gasteiger partial charge < -0.3 is 10.5 Å². The van der Waals surface area contributed by atoms with Crippen molar-refractivity contribution >= 4 is 5.69 Å². The van der Waals surface area contributed by atoms with Gasteiger partial charge in [-0.2, -0.15) is 0 Å². The molecule has 0 unspecified atom stereocenters. The molecule has 0 spiro atoms. The van der Waals surface area contributed by atoms with Crippen molar-refractivity contribution < 1.29 is 4.74 Å². The number of benzene rings is 1. The van der Waals surface area contributed by atoms with Crippen molar-refractivity contribution in [3.63, 3.8) is 0 Å². The second-order valence-corrected chi connectivity index (χ2v) is 5.39. The predicted molar refractivity (Wildman–Crippen MR) is 66.5 cm³/mol. The Morgan fingerprint density at radius 2 is 2.06 bits per heavy atom. The van der Waals surface area contributed by atoms with E-state index < -0.39 is 0 Å². The van der Waals surface area contributed by atoms with E-state index >= 15 is 0 Å². The second-order valence-electron chi connectivity index (χ2n) is 5.39. The number of ether oxygens (including phenoxy) is 1. The van der Waals surface area contributed by atoms with Gasteiger partial charge in [-0.15, -0.1) is 0 Å². The Labute approximate surface area is 97.2 Å². The van der Waals surface area contributed by atoms with Crippen molar-refractivity contribution in [1.29, 1.82) is 0 Å². The standard InChI is InChI=1S/C13H20N2O/c1-13(2)8-15(9-13)7-10-4-5-12(16-3)11(14)6-10/h4-6H,7-9,14H2,1-3H3. The van der Waals surface area contributed by atoms with Crippen molar-refractivity contribution in [1.82, 2.24) is 4.90 Å². The van der Waals surface area contributed by atoms with Crippen LogP contribution in [0.25, 0.3) is 0 Å². The molecule has 0 saturated carbocycles. The quantitative estimate of drug-likeness (QED) is 0.793. The lowest BCUT2D eigenvalue weighted by atomic mass is 9.84. The zero-order chi connectivity index (χ0) is 11.8. The van der Waals surface area contributed by atoms with Gasteiger partial charge in [0.1, 0.15) is 5.75 Å². The number of nitrogens with zero attached hydrogens (tertiary/aromatic N) is 1. The van der Waals surface area contributed by atoms with E-state index in [4.69, 9.17) is 10.5 Å². The normalized spacial score (nSPS) is 19.2. The molecule has 1 heterocycles. The van der Waals surface area contributed by atoms with Crippen molar-refractivity contribution in [3.05, 3.63) is 23.8 Å². The number of rotatable bonds is 3. The summed E-state index contributed by atoms with van der Waals surface area (Å²) in [5.74, 6) is 0.757. The number of methoxy groups -OCH3 is 1. The number of anilines is 1. The molecule has 16 heavy (non-hydrogen) atoms. The summed E-state index contributed by atoms with van der Waals surface area (Å²) in [6.07, 6.45) is 0. The first-order valence-electron chi connectivity index (χ1n) is 5.65. The van der Waals surface area contributed by atoms with E-state index in [0.29, 0.717) is 5.41 Å². The summed E-state index contributed by atoms with van der Waals surface area (Å²) < 4.78 is 5.14. The number of nitrogens with two attached hydrogens (primary N) is 1. The summed E-state index contributed by atoms with van der Waals surface area (Å²) in [7, 11) is 1.64. The van der Waals surface area contributed by atoms with Gasteiger partial charge in [0, 0.05) is 19.6 Å². The van der Waals surface area contributed by atoms with Gasteiger partial charge in [-0.3, -0.25) is 4.90 Å². The lowest BCUT2D eigenvalue weighted by Gasteiger charge is -2.46. The molecule has 2 N–H and O–H groups in total. The largest absolute Gasteiger partial charge is 0.495 e. The van der Waals surface area contributed by atoms with Crippen molar-refractivity contribution in [2.75, 3.05) is 25.9 Å². The molecule has 0 amide bonds. The third-order valence-corrected chi connectivity index (χ3v) is 3.00. The van der Waals surface area contributed by atoms with E-state index in [2.05, 4.69) is 24.8 Å². The maximum atomic E-state index is 5.88. The highest BCUT2D eigenvalue weighted by molar-refractivity contribution is 5.54. The molecule has 0 aliphatic carbocycles. The van der Waals surface area contributed by atoms with Crippen LogP contribution in [0.1, 0.15) is 19.4 Å². The summed E-state index contributed by atoms with van der Waals surface area (Å²) in [6.45, 7) is 7.91. The van der Waals surface area contributed by atoms with Crippen LogP contribution in [0.5, 0.6) is 5.75 Å². The average molecular weight is 220 g/mol. The van der Waals surface area contributed by atoms with E-state index in [1.54, 1.807) is 7.11 Å². The minimum absolute atomic E-state index is 0.484. The van der Waals surface area contributed by atoms with Crippen LogP contribution in [-0.2, 0) is 6.54 Å². The fourth-order valence-electron chi connectivity index (χ4n) is 2.42. The second kappa shape index (κ2) is 3.98. The summed E-state index contributed by atoms with van der Waals surface area (Å²) in [4.78, 5) is 2.43. The van der Waals surface area contributed by atoms with Gasteiger partial charge in [-0.1, -0.05) is 19.9 Å². The van der Waals surface area contributed by atoms with E-state index in [-0.39, 0.29) is 0 Å². The van der Waals surface area contributed by atoms with Gasteiger partial charge in [0.25, 0.3) is 0 Å². The lowest BCUT2D eigenvalue weighted by Crippen LogP contribution is -2.52. The van der Waals surface area contributed by atoms with Gasteiger partial charge in [0.15, 0.2) is 0 Å². The van der Waals surface area contributed by atoms with Crippen LogP contribution in [-0.4, -0.2) is 25.1 Å². The molecule has 1 aromatic carbocycles.